The van der Waals surface area contributed by atoms with Crippen LogP contribution in [0.1, 0.15) is 5.69 Å². The molecule has 1 aromatic carbocycles. The van der Waals surface area contributed by atoms with E-state index in [1.807, 2.05) is 0 Å². The summed E-state index contributed by atoms with van der Waals surface area (Å²) in [5, 5.41) is 0.506. The molecule has 0 saturated carbocycles. The molecule has 0 aliphatic rings. The molecule has 0 bridgehead atoms. The lowest BCUT2D eigenvalue weighted by Gasteiger charge is -2.08. The maximum absolute atomic E-state index is 13.0. The van der Waals surface area contributed by atoms with Gasteiger partial charge in [-0.15, -0.1) is 0 Å². The number of rotatable bonds is 1. The average molecular weight is 289 g/mol. The highest BCUT2D eigenvalue weighted by molar-refractivity contribution is 6.34. The van der Waals surface area contributed by atoms with Crippen molar-refractivity contribution in [3.05, 3.63) is 63.4 Å². The molecular weight excluding hydrogens is 279 g/mol. The summed E-state index contributed by atoms with van der Waals surface area (Å²) in [5.41, 5.74) is 2.26. The fraction of sp³-hybridized carbons (Fsp3) is 0.0667. The highest BCUT2D eigenvalue weighted by atomic mass is 35.5. The van der Waals surface area contributed by atoms with Crippen molar-refractivity contribution in [1.29, 1.82) is 0 Å². The monoisotopic (exact) mass is 288 g/mol. The van der Waals surface area contributed by atoms with Gasteiger partial charge < -0.3 is 4.98 Å². The zero-order chi connectivity index (χ0) is 14.3. The van der Waals surface area contributed by atoms with Gasteiger partial charge in [0.1, 0.15) is 11.0 Å². The minimum atomic E-state index is -0.344. The number of halogens is 2. The van der Waals surface area contributed by atoms with Gasteiger partial charge in [-0.3, -0.25) is 4.79 Å². The van der Waals surface area contributed by atoms with Gasteiger partial charge in [-0.25, -0.2) is 9.37 Å². The molecule has 20 heavy (non-hydrogen) atoms. The summed E-state index contributed by atoms with van der Waals surface area (Å²) >= 11 is 6.01. The van der Waals surface area contributed by atoms with E-state index in [2.05, 4.69) is 9.97 Å². The lowest BCUT2D eigenvalue weighted by Crippen LogP contribution is -2.10. The van der Waals surface area contributed by atoms with E-state index in [4.69, 9.17) is 11.6 Å². The minimum absolute atomic E-state index is 0.159. The van der Waals surface area contributed by atoms with E-state index >= 15 is 0 Å². The van der Waals surface area contributed by atoms with Crippen molar-refractivity contribution in [2.24, 2.45) is 0 Å². The summed E-state index contributed by atoms with van der Waals surface area (Å²) < 4.78 is 13.0. The van der Waals surface area contributed by atoms with Crippen LogP contribution in [0.2, 0.25) is 5.15 Å². The lowest BCUT2D eigenvalue weighted by molar-refractivity contribution is 0.628. The van der Waals surface area contributed by atoms with Gasteiger partial charge in [-0.1, -0.05) is 23.7 Å². The van der Waals surface area contributed by atoms with Gasteiger partial charge in [0.25, 0.3) is 0 Å². The molecule has 0 radical (unpaired) electrons. The Kier molecular flexibility index (Phi) is 3.03. The van der Waals surface area contributed by atoms with Gasteiger partial charge in [0.05, 0.1) is 10.9 Å². The number of H-pyrrole nitrogens is 1. The van der Waals surface area contributed by atoms with Crippen molar-refractivity contribution in [1.82, 2.24) is 9.97 Å². The Labute approximate surface area is 119 Å². The second kappa shape index (κ2) is 4.72. The van der Waals surface area contributed by atoms with Crippen molar-refractivity contribution in [3.8, 4) is 11.1 Å². The molecule has 0 atom stereocenters. The maximum atomic E-state index is 13.0. The second-order valence-electron chi connectivity index (χ2n) is 4.49. The Balaban J connectivity index is 2.39. The number of aromatic nitrogens is 2. The highest BCUT2D eigenvalue weighted by Gasteiger charge is 2.14. The van der Waals surface area contributed by atoms with Gasteiger partial charge in [0.2, 0.25) is 5.43 Å². The Morgan fingerprint density at radius 1 is 1.20 bits per heavy atom. The largest absolute Gasteiger partial charge is 0.358 e. The predicted octanol–water partition coefficient (Wildman–Crippen LogP) is 3.69. The number of hydrogen-bond donors (Lipinski definition) is 1. The van der Waals surface area contributed by atoms with Crippen LogP contribution < -0.4 is 5.43 Å². The average Bonchev–Trinajstić information content (AvgIpc) is 2.40. The number of pyridine rings is 2. The molecule has 3 rings (SSSR count). The summed E-state index contributed by atoms with van der Waals surface area (Å²) in [7, 11) is 0. The molecule has 0 spiro atoms. The molecule has 1 N–H and O–H groups in total. The van der Waals surface area contributed by atoms with Crippen molar-refractivity contribution in [3.63, 3.8) is 0 Å². The molecule has 2 heterocycles. The smallest absolute Gasteiger partial charge is 0.200 e. The summed E-state index contributed by atoms with van der Waals surface area (Å²) in [6, 6.07) is 7.49. The van der Waals surface area contributed by atoms with Crippen LogP contribution >= 0.6 is 11.6 Å². The van der Waals surface area contributed by atoms with Crippen molar-refractivity contribution in [2.75, 3.05) is 0 Å². The SMILES string of the molecule is Cc1[nH]c2ccnc(Cl)c2c(=O)c1-c1ccc(F)cc1. The number of nitrogens with zero attached hydrogens (tertiary/aromatic N) is 1. The van der Waals surface area contributed by atoms with Crippen LogP contribution in [0.15, 0.2) is 41.3 Å². The predicted molar refractivity (Wildman–Crippen MR) is 77.5 cm³/mol. The molecule has 0 aliphatic carbocycles. The summed E-state index contributed by atoms with van der Waals surface area (Å²) in [5.74, 6) is -0.344. The van der Waals surface area contributed by atoms with Crippen molar-refractivity contribution in [2.45, 2.75) is 6.92 Å². The van der Waals surface area contributed by atoms with E-state index in [0.29, 0.717) is 27.7 Å². The van der Waals surface area contributed by atoms with Crippen LogP contribution in [0.4, 0.5) is 4.39 Å². The topological polar surface area (TPSA) is 45.8 Å². The third kappa shape index (κ3) is 1.98. The van der Waals surface area contributed by atoms with E-state index in [-0.39, 0.29) is 16.4 Å². The fourth-order valence-electron chi connectivity index (χ4n) is 2.28. The van der Waals surface area contributed by atoms with Crippen LogP contribution in [0.3, 0.4) is 0 Å². The standard InChI is InChI=1S/C15H10ClFN2O/c1-8-12(9-2-4-10(17)5-3-9)14(20)13-11(19-8)6-7-18-15(13)16/h2-7H,1H3,(H,19,20). The number of fused-ring (bicyclic) bond motifs is 1. The fourth-order valence-corrected chi connectivity index (χ4v) is 2.52. The van der Waals surface area contributed by atoms with Crippen LogP contribution in [0.25, 0.3) is 22.0 Å². The van der Waals surface area contributed by atoms with Crippen LogP contribution in [-0.2, 0) is 0 Å². The van der Waals surface area contributed by atoms with Gasteiger partial charge >= 0.3 is 0 Å². The van der Waals surface area contributed by atoms with E-state index in [0.717, 1.165) is 0 Å². The zero-order valence-electron chi connectivity index (χ0n) is 10.6. The first-order valence-corrected chi connectivity index (χ1v) is 6.39. The normalized spacial score (nSPS) is 10.9. The Bertz CT molecular complexity index is 856. The Morgan fingerprint density at radius 3 is 2.60 bits per heavy atom. The van der Waals surface area contributed by atoms with Gasteiger partial charge in [-0.05, 0) is 30.7 Å². The van der Waals surface area contributed by atoms with Crippen molar-refractivity contribution < 1.29 is 4.39 Å². The lowest BCUT2D eigenvalue weighted by atomic mass is 10.0. The summed E-state index contributed by atoms with van der Waals surface area (Å²) in [6.45, 7) is 1.80. The van der Waals surface area contributed by atoms with Gasteiger partial charge in [0.15, 0.2) is 0 Å². The molecule has 0 aliphatic heterocycles. The summed E-state index contributed by atoms with van der Waals surface area (Å²) in [4.78, 5) is 19.7. The van der Waals surface area contributed by atoms with E-state index in [1.165, 1.54) is 18.3 Å². The minimum Gasteiger partial charge on any atom is -0.358 e. The zero-order valence-corrected chi connectivity index (χ0v) is 11.3. The number of benzene rings is 1. The third-order valence-corrected chi connectivity index (χ3v) is 3.48. The molecular formula is C15H10ClFN2O. The number of hydrogen-bond acceptors (Lipinski definition) is 2. The number of aryl methyl sites for hydroxylation is 1. The molecule has 100 valence electrons. The summed E-state index contributed by atoms with van der Waals surface area (Å²) in [6.07, 6.45) is 1.54. The maximum Gasteiger partial charge on any atom is 0.200 e. The van der Waals surface area contributed by atoms with Gasteiger partial charge in [0, 0.05) is 17.5 Å². The first-order valence-electron chi connectivity index (χ1n) is 6.01. The second-order valence-corrected chi connectivity index (χ2v) is 4.84. The molecule has 0 unspecified atom stereocenters. The third-order valence-electron chi connectivity index (χ3n) is 3.19. The first-order chi connectivity index (χ1) is 9.58. The highest BCUT2D eigenvalue weighted by Crippen LogP contribution is 2.24. The quantitative estimate of drug-likeness (QED) is 0.694. The molecule has 2 aromatic heterocycles. The molecule has 5 heteroatoms. The molecule has 0 saturated heterocycles. The van der Waals surface area contributed by atoms with Crippen molar-refractivity contribution >= 4 is 22.5 Å². The molecule has 3 nitrogen and oxygen atoms in total. The van der Waals surface area contributed by atoms with Crippen LogP contribution in [-0.4, -0.2) is 9.97 Å². The van der Waals surface area contributed by atoms with Crippen LogP contribution in [0.5, 0.6) is 0 Å². The molecule has 3 aromatic rings. The Morgan fingerprint density at radius 2 is 1.90 bits per heavy atom. The van der Waals surface area contributed by atoms with E-state index < -0.39 is 0 Å². The number of nitrogens with one attached hydrogen (secondary N) is 1. The van der Waals surface area contributed by atoms with Gasteiger partial charge in [-0.2, -0.15) is 0 Å². The Hall–Kier alpha value is -2.20. The first kappa shape index (κ1) is 12.8. The van der Waals surface area contributed by atoms with Crippen LogP contribution in [0, 0.1) is 12.7 Å². The van der Waals surface area contributed by atoms with E-state index in [1.54, 1.807) is 25.1 Å². The molecule has 0 fully saturated rings. The molecule has 0 amide bonds. The van der Waals surface area contributed by atoms with E-state index in [9.17, 15) is 9.18 Å². The number of aromatic amines is 1.